The van der Waals surface area contributed by atoms with Gasteiger partial charge >= 0.3 is 0 Å². The second-order valence-electron chi connectivity index (χ2n) is 9.09. The second kappa shape index (κ2) is 9.13. The molecule has 8 heteroatoms. The smallest absolute Gasteiger partial charge is 0.146 e. The van der Waals surface area contributed by atoms with Crippen molar-refractivity contribution in [2.75, 3.05) is 18.1 Å². The van der Waals surface area contributed by atoms with Crippen molar-refractivity contribution in [2.45, 2.75) is 26.1 Å². The molecule has 6 rings (SSSR count). The van der Waals surface area contributed by atoms with Crippen LogP contribution in [0.2, 0.25) is 0 Å². The summed E-state index contributed by atoms with van der Waals surface area (Å²) >= 11 is 0. The summed E-state index contributed by atoms with van der Waals surface area (Å²) in [5.41, 5.74) is 14.0. The van der Waals surface area contributed by atoms with Crippen molar-refractivity contribution in [3.63, 3.8) is 0 Å². The Labute approximate surface area is 208 Å². The minimum atomic E-state index is -0.417. The molecule has 2 aliphatic heterocycles. The highest BCUT2D eigenvalue weighted by atomic mass is 19.1. The number of hydrogen-bond donors (Lipinski definition) is 1. The minimum Gasteiger partial charge on any atom is -0.491 e. The van der Waals surface area contributed by atoms with Crippen LogP contribution in [0.3, 0.4) is 0 Å². The first kappa shape index (κ1) is 22.3. The fourth-order valence-electron chi connectivity index (χ4n) is 4.78. The maximum atomic E-state index is 13.4. The predicted molar refractivity (Wildman–Crippen MR) is 136 cm³/mol. The molecule has 7 nitrogen and oxygen atoms in total. The van der Waals surface area contributed by atoms with E-state index >= 15 is 0 Å². The number of fused-ring (bicyclic) bond motifs is 2. The van der Waals surface area contributed by atoms with Crippen molar-refractivity contribution in [1.29, 1.82) is 0 Å². The summed E-state index contributed by atoms with van der Waals surface area (Å²) in [5, 5.41) is 8.19. The van der Waals surface area contributed by atoms with Crippen LogP contribution >= 0.6 is 0 Å². The molecule has 0 amide bonds. The number of rotatable bonds is 4. The molecule has 0 bridgehead atoms. The van der Waals surface area contributed by atoms with Crippen molar-refractivity contribution >= 4 is 11.5 Å². The van der Waals surface area contributed by atoms with Gasteiger partial charge in [0.2, 0.25) is 0 Å². The van der Waals surface area contributed by atoms with Gasteiger partial charge in [0.1, 0.15) is 36.5 Å². The van der Waals surface area contributed by atoms with Crippen LogP contribution in [0.1, 0.15) is 34.1 Å². The van der Waals surface area contributed by atoms with Crippen molar-refractivity contribution in [3.8, 4) is 16.9 Å². The first-order chi connectivity index (χ1) is 17.5. The van der Waals surface area contributed by atoms with Crippen LogP contribution < -0.4 is 15.4 Å². The Morgan fingerprint density at radius 1 is 1.03 bits per heavy atom. The molecule has 1 aromatic heterocycles. The molecule has 4 aromatic rings. The first-order valence-corrected chi connectivity index (χ1v) is 11.9. The van der Waals surface area contributed by atoms with Crippen LogP contribution in [-0.4, -0.2) is 23.1 Å². The van der Waals surface area contributed by atoms with Crippen molar-refractivity contribution < 1.29 is 9.13 Å². The normalized spacial score (nSPS) is 16.3. The van der Waals surface area contributed by atoms with Crippen LogP contribution in [0.25, 0.3) is 11.1 Å². The molecule has 180 valence electrons. The quantitative estimate of drug-likeness (QED) is 0.409. The number of hydrogen-bond acceptors (Lipinski definition) is 7. The molecule has 0 saturated heterocycles. The van der Waals surface area contributed by atoms with E-state index < -0.39 is 6.17 Å². The number of ether oxygens (including phenoxy) is 1. The molecular formula is C28H25FN6O. The van der Waals surface area contributed by atoms with Crippen LogP contribution in [0.15, 0.2) is 77.2 Å². The molecule has 0 saturated carbocycles. The van der Waals surface area contributed by atoms with E-state index in [4.69, 9.17) is 10.5 Å². The Hall–Kier alpha value is -4.17. The van der Waals surface area contributed by atoms with E-state index in [1.54, 1.807) is 6.33 Å². The van der Waals surface area contributed by atoms with Gasteiger partial charge in [-0.15, -0.1) is 0 Å². The Kier molecular flexibility index (Phi) is 5.65. The summed E-state index contributed by atoms with van der Waals surface area (Å²) in [6, 6.07) is 18.9. The standard InChI is InChI=1S/C28H25FN6O/c1-17-23(12-18-2-6-22(29)7-3-18)28(32-16-31-17)35-10-11-36-26-9-5-19(13-21(26)15-35)20-4-8-25-24(14-20)27(30)34-33-25/h2-9,13-14,16,27H,10-12,15,30H2,1H3. The number of benzene rings is 3. The van der Waals surface area contributed by atoms with E-state index in [1.807, 2.05) is 37.3 Å². The molecule has 0 spiro atoms. The summed E-state index contributed by atoms with van der Waals surface area (Å²) in [7, 11) is 0. The van der Waals surface area contributed by atoms with Crippen molar-refractivity contribution in [1.82, 2.24) is 9.97 Å². The first-order valence-electron chi connectivity index (χ1n) is 11.9. The van der Waals surface area contributed by atoms with Gasteiger partial charge in [-0.1, -0.05) is 24.3 Å². The summed E-state index contributed by atoms with van der Waals surface area (Å²) < 4.78 is 19.5. The fourth-order valence-corrected chi connectivity index (χ4v) is 4.78. The Morgan fingerprint density at radius 3 is 2.69 bits per heavy atom. The van der Waals surface area contributed by atoms with Crippen LogP contribution in [0.4, 0.5) is 15.9 Å². The third-order valence-electron chi connectivity index (χ3n) is 6.74. The van der Waals surface area contributed by atoms with Gasteiger partial charge in [-0.2, -0.15) is 10.2 Å². The van der Waals surface area contributed by atoms with Gasteiger partial charge in [-0.3, -0.25) is 0 Å². The number of azo groups is 1. The molecule has 1 atom stereocenters. The SMILES string of the molecule is Cc1ncnc(N2CCOc3ccc(-c4ccc5c(c4)C(N)N=N5)cc3C2)c1Cc1ccc(F)cc1. The van der Waals surface area contributed by atoms with Crippen molar-refractivity contribution in [3.05, 3.63) is 101 Å². The van der Waals surface area contributed by atoms with Crippen LogP contribution in [0.5, 0.6) is 5.75 Å². The number of nitrogens with two attached hydrogens (primary N) is 1. The zero-order valence-electron chi connectivity index (χ0n) is 19.9. The monoisotopic (exact) mass is 480 g/mol. The number of anilines is 1. The highest BCUT2D eigenvalue weighted by Gasteiger charge is 2.22. The van der Waals surface area contributed by atoms with E-state index in [9.17, 15) is 4.39 Å². The van der Waals surface area contributed by atoms with E-state index in [0.717, 1.165) is 56.3 Å². The Balaban J connectivity index is 1.33. The van der Waals surface area contributed by atoms with Gasteiger partial charge in [0.05, 0.1) is 12.2 Å². The molecule has 0 fully saturated rings. The number of nitrogens with zero attached hydrogens (tertiary/aromatic N) is 5. The summed E-state index contributed by atoms with van der Waals surface area (Å²) in [6.07, 6.45) is 1.81. The average molecular weight is 481 g/mol. The molecule has 0 radical (unpaired) electrons. The summed E-state index contributed by atoms with van der Waals surface area (Å²) in [4.78, 5) is 11.3. The average Bonchev–Trinajstić information content (AvgIpc) is 3.13. The number of aryl methyl sites for hydroxylation is 1. The van der Waals surface area contributed by atoms with Gasteiger partial charge in [-0.05, 0) is 60.0 Å². The third-order valence-corrected chi connectivity index (χ3v) is 6.74. The lowest BCUT2D eigenvalue weighted by Crippen LogP contribution is -2.28. The zero-order valence-corrected chi connectivity index (χ0v) is 19.9. The maximum absolute atomic E-state index is 13.4. The number of aromatic nitrogens is 2. The van der Waals surface area contributed by atoms with Crippen LogP contribution in [-0.2, 0) is 13.0 Å². The molecule has 3 aromatic carbocycles. The molecule has 2 N–H and O–H groups in total. The topological polar surface area (TPSA) is 89.0 Å². The summed E-state index contributed by atoms with van der Waals surface area (Å²) in [6.45, 7) is 3.86. The lowest BCUT2D eigenvalue weighted by molar-refractivity contribution is 0.331. The molecule has 36 heavy (non-hydrogen) atoms. The predicted octanol–water partition coefficient (Wildman–Crippen LogP) is 5.64. The van der Waals surface area contributed by atoms with Gasteiger partial charge < -0.3 is 15.4 Å². The molecule has 0 aliphatic carbocycles. The van der Waals surface area contributed by atoms with E-state index in [0.29, 0.717) is 26.1 Å². The van der Waals surface area contributed by atoms with E-state index in [-0.39, 0.29) is 5.82 Å². The number of halogens is 1. The molecular weight excluding hydrogens is 455 g/mol. The third kappa shape index (κ3) is 4.20. The van der Waals surface area contributed by atoms with Crippen molar-refractivity contribution in [2.24, 2.45) is 16.0 Å². The minimum absolute atomic E-state index is 0.244. The second-order valence-corrected chi connectivity index (χ2v) is 9.09. The maximum Gasteiger partial charge on any atom is 0.146 e. The van der Waals surface area contributed by atoms with Gasteiger partial charge in [0.25, 0.3) is 0 Å². The molecule has 2 aliphatic rings. The van der Waals surface area contributed by atoms with Gasteiger partial charge in [-0.25, -0.2) is 14.4 Å². The fraction of sp³-hybridized carbons (Fsp3) is 0.214. The lowest BCUT2D eigenvalue weighted by Gasteiger charge is -2.24. The Morgan fingerprint density at radius 2 is 1.83 bits per heavy atom. The highest BCUT2D eigenvalue weighted by Crippen LogP contribution is 2.37. The zero-order chi connectivity index (χ0) is 24.6. The molecule has 3 heterocycles. The molecule has 1 unspecified atom stereocenters. The van der Waals surface area contributed by atoms with E-state index in [1.165, 1.54) is 12.1 Å². The van der Waals surface area contributed by atoms with E-state index in [2.05, 4.69) is 43.3 Å². The Bertz CT molecular complexity index is 1470. The highest BCUT2D eigenvalue weighted by molar-refractivity contribution is 5.70. The van der Waals surface area contributed by atoms with Crippen LogP contribution in [0, 0.1) is 12.7 Å². The van der Waals surface area contributed by atoms with Gasteiger partial charge in [0, 0.05) is 35.3 Å². The summed E-state index contributed by atoms with van der Waals surface area (Å²) in [5.74, 6) is 1.50. The lowest BCUT2D eigenvalue weighted by atomic mass is 9.98. The van der Waals surface area contributed by atoms with Gasteiger partial charge in [0.15, 0.2) is 0 Å². The largest absolute Gasteiger partial charge is 0.491 e.